The fourth-order valence-corrected chi connectivity index (χ4v) is 4.52. The second-order valence-corrected chi connectivity index (χ2v) is 9.52. The molecule has 35 heavy (non-hydrogen) atoms. The number of anilines is 1. The second-order valence-electron chi connectivity index (χ2n) is 9.52. The number of rotatable bonds is 16. The number of unbranched alkanes of at least 4 members (excludes halogenated alkanes) is 3. The lowest BCUT2D eigenvalue weighted by molar-refractivity contribution is -0.900. The van der Waals surface area contributed by atoms with Crippen molar-refractivity contribution in [1.29, 1.82) is 0 Å². The number of hydrogen-bond donors (Lipinski definition) is 2. The third kappa shape index (κ3) is 7.60. The van der Waals surface area contributed by atoms with E-state index in [2.05, 4.69) is 20.8 Å². The molecule has 3 aromatic rings. The van der Waals surface area contributed by atoms with Gasteiger partial charge in [-0.05, 0) is 61.7 Å². The minimum atomic E-state index is -0.0295. The summed E-state index contributed by atoms with van der Waals surface area (Å²) >= 11 is 0. The summed E-state index contributed by atoms with van der Waals surface area (Å²) in [5.74, 6) is 1.52. The van der Waals surface area contributed by atoms with Crippen molar-refractivity contribution in [1.82, 2.24) is 0 Å². The molecule has 3 N–H and O–H groups in total. The van der Waals surface area contributed by atoms with Gasteiger partial charge in [0.1, 0.15) is 17.1 Å². The van der Waals surface area contributed by atoms with Gasteiger partial charge in [-0.3, -0.25) is 4.79 Å². The maximum Gasteiger partial charge on any atom is 0.197 e. The van der Waals surface area contributed by atoms with E-state index in [9.17, 15) is 4.79 Å². The molecule has 0 saturated heterocycles. The monoisotopic (exact) mass is 479 g/mol. The van der Waals surface area contributed by atoms with Gasteiger partial charge in [-0.2, -0.15) is 0 Å². The van der Waals surface area contributed by atoms with E-state index in [-0.39, 0.29) is 5.78 Å². The zero-order valence-corrected chi connectivity index (χ0v) is 21.8. The van der Waals surface area contributed by atoms with Gasteiger partial charge < -0.3 is 19.8 Å². The van der Waals surface area contributed by atoms with Crippen LogP contribution in [0.3, 0.4) is 0 Å². The molecular formula is C30H43N2O3+. The summed E-state index contributed by atoms with van der Waals surface area (Å²) in [6, 6.07) is 13.0. The molecule has 0 aliphatic heterocycles. The predicted molar refractivity (Wildman–Crippen MR) is 145 cm³/mol. The Labute approximate surface area is 210 Å². The fraction of sp³-hybridized carbons (Fsp3) is 0.500. The molecule has 0 unspecified atom stereocenters. The number of hydrogen-bond acceptors (Lipinski definition) is 4. The smallest absolute Gasteiger partial charge is 0.197 e. The molecule has 1 aromatic heterocycles. The molecule has 5 heteroatoms. The van der Waals surface area contributed by atoms with Crippen molar-refractivity contribution >= 4 is 22.4 Å². The zero-order chi connectivity index (χ0) is 25.0. The Balaban J connectivity index is 1.63. The van der Waals surface area contributed by atoms with Crippen LogP contribution < -0.4 is 15.4 Å². The summed E-state index contributed by atoms with van der Waals surface area (Å²) in [6.07, 6.45) is 8.85. The van der Waals surface area contributed by atoms with E-state index < -0.39 is 0 Å². The second kappa shape index (κ2) is 13.9. The van der Waals surface area contributed by atoms with E-state index in [1.165, 1.54) is 38.8 Å². The number of quaternary nitrogens is 1. The lowest BCUT2D eigenvalue weighted by Crippen LogP contribution is -3.12. The van der Waals surface area contributed by atoms with Crippen LogP contribution in [0.4, 0.5) is 5.69 Å². The number of carbonyl (C=O) groups is 1. The summed E-state index contributed by atoms with van der Waals surface area (Å²) in [7, 11) is 0. The summed E-state index contributed by atoms with van der Waals surface area (Å²) in [5.41, 5.74) is 8.62. The minimum Gasteiger partial charge on any atom is -0.493 e. The lowest BCUT2D eigenvalue weighted by Gasteiger charge is -2.19. The van der Waals surface area contributed by atoms with E-state index in [1.807, 2.05) is 42.5 Å². The standard InChI is InChI=1S/C30H42N2O3/c1-4-7-11-28-29(26-22-24(31)14-17-27(26)35-28)30(33)23-12-15-25(16-13-23)34-21-10-20-32(18-8-5-2)19-9-6-3/h12-17,22H,4-11,18-21,31H2,1-3H3/p+1. The van der Waals surface area contributed by atoms with E-state index in [4.69, 9.17) is 14.9 Å². The van der Waals surface area contributed by atoms with Crippen LogP contribution in [-0.2, 0) is 6.42 Å². The normalized spacial score (nSPS) is 11.4. The summed E-state index contributed by atoms with van der Waals surface area (Å²) in [6.45, 7) is 11.0. The minimum absolute atomic E-state index is 0.0295. The first kappa shape index (κ1) is 26.8. The van der Waals surface area contributed by atoms with Gasteiger partial charge in [-0.1, -0.05) is 40.0 Å². The van der Waals surface area contributed by atoms with E-state index >= 15 is 0 Å². The largest absolute Gasteiger partial charge is 0.493 e. The molecule has 1 heterocycles. The summed E-state index contributed by atoms with van der Waals surface area (Å²) in [4.78, 5) is 15.2. The number of benzene rings is 2. The van der Waals surface area contributed by atoms with Gasteiger partial charge >= 0.3 is 0 Å². The molecule has 5 nitrogen and oxygen atoms in total. The van der Waals surface area contributed by atoms with Crippen molar-refractivity contribution in [3.63, 3.8) is 0 Å². The van der Waals surface area contributed by atoms with Crippen LogP contribution in [0.15, 0.2) is 46.9 Å². The number of fused-ring (bicyclic) bond motifs is 1. The molecule has 0 radical (unpaired) electrons. The van der Waals surface area contributed by atoms with Crippen LogP contribution >= 0.6 is 0 Å². The van der Waals surface area contributed by atoms with Gasteiger partial charge in [0, 0.05) is 29.5 Å². The topological polar surface area (TPSA) is 69.9 Å². The molecule has 0 amide bonds. The molecular weight excluding hydrogens is 436 g/mol. The molecule has 0 bridgehead atoms. The molecule has 0 fully saturated rings. The number of nitrogens with two attached hydrogens (primary N) is 1. The highest BCUT2D eigenvalue weighted by atomic mass is 16.5. The first-order valence-electron chi connectivity index (χ1n) is 13.5. The average Bonchev–Trinajstić information content (AvgIpc) is 3.23. The van der Waals surface area contributed by atoms with Gasteiger partial charge in [-0.25, -0.2) is 0 Å². The van der Waals surface area contributed by atoms with Crippen molar-refractivity contribution in [3.05, 3.63) is 59.4 Å². The van der Waals surface area contributed by atoms with Crippen molar-refractivity contribution in [2.75, 3.05) is 32.0 Å². The predicted octanol–water partition coefficient (Wildman–Crippen LogP) is 5.84. The molecule has 0 spiro atoms. The highest BCUT2D eigenvalue weighted by molar-refractivity contribution is 6.17. The van der Waals surface area contributed by atoms with Gasteiger partial charge in [-0.15, -0.1) is 0 Å². The van der Waals surface area contributed by atoms with Crippen molar-refractivity contribution in [3.8, 4) is 5.75 Å². The number of aryl methyl sites for hydroxylation is 1. The zero-order valence-electron chi connectivity index (χ0n) is 21.8. The molecule has 2 aromatic carbocycles. The van der Waals surface area contributed by atoms with E-state index in [0.29, 0.717) is 29.0 Å². The van der Waals surface area contributed by atoms with Gasteiger partial charge in [0.05, 0.1) is 31.8 Å². The Morgan fingerprint density at radius 3 is 2.20 bits per heavy atom. The number of furan rings is 1. The number of nitrogen functional groups attached to an aromatic ring is 1. The Hall–Kier alpha value is -2.79. The van der Waals surface area contributed by atoms with E-state index in [1.54, 1.807) is 4.90 Å². The molecule has 0 saturated carbocycles. The summed E-state index contributed by atoms with van der Waals surface area (Å²) in [5, 5.41) is 0.791. The van der Waals surface area contributed by atoms with Crippen molar-refractivity contribution in [2.24, 2.45) is 0 Å². The van der Waals surface area contributed by atoms with Gasteiger partial charge in [0.25, 0.3) is 0 Å². The van der Waals surface area contributed by atoms with Crippen LogP contribution in [0, 0.1) is 0 Å². The Morgan fingerprint density at radius 1 is 0.886 bits per heavy atom. The van der Waals surface area contributed by atoms with Crippen molar-refractivity contribution in [2.45, 2.75) is 72.1 Å². The van der Waals surface area contributed by atoms with Crippen LogP contribution in [0.25, 0.3) is 11.0 Å². The lowest BCUT2D eigenvalue weighted by atomic mass is 9.98. The van der Waals surface area contributed by atoms with Crippen LogP contribution in [0.2, 0.25) is 0 Å². The van der Waals surface area contributed by atoms with Gasteiger partial charge in [0.2, 0.25) is 0 Å². The third-order valence-electron chi connectivity index (χ3n) is 6.60. The van der Waals surface area contributed by atoms with Gasteiger partial charge in [0.15, 0.2) is 5.78 Å². The first-order chi connectivity index (χ1) is 17.1. The van der Waals surface area contributed by atoms with E-state index in [0.717, 1.165) is 49.1 Å². The number of carbonyl (C=O) groups excluding carboxylic acids is 1. The molecule has 0 atom stereocenters. The fourth-order valence-electron chi connectivity index (χ4n) is 4.52. The quantitative estimate of drug-likeness (QED) is 0.154. The number of ketones is 1. The van der Waals surface area contributed by atoms with Crippen LogP contribution in [0.1, 0.15) is 87.4 Å². The maximum atomic E-state index is 13.5. The summed E-state index contributed by atoms with van der Waals surface area (Å²) < 4.78 is 12.0. The molecule has 3 rings (SSSR count). The number of nitrogens with one attached hydrogen (secondary N) is 1. The SMILES string of the molecule is CCCCc1oc2ccc(N)cc2c1C(=O)c1ccc(OCCC[NH+](CCCC)CCCC)cc1. The Morgan fingerprint density at radius 2 is 1.54 bits per heavy atom. The molecule has 190 valence electrons. The molecule has 0 aliphatic rings. The number of ether oxygens (including phenoxy) is 1. The Kier molecular flexibility index (Phi) is 10.7. The Bertz CT molecular complexity index is 1050. The van der Waals surface area contributed by atoms with Crippen LogP contribution in [-0.4, -0.2) is 32.0 Å². The highest BCUT2D eigenvalue weighted by Gasteiger charge is 2.22. The maximum absolute atomic E-state index is 13.5. The highest BCUT2D eigenvalue weighted by Crippen LogP contribution is 2.31. The first-order valence-corrected chi connectivity index (χ1v) is 13.5. The average molecular weight is 480 g/mol. The third-order valence-corrected chi connectivity index (χ3v) is 6.60. The van der Waals surface area contributed by atoms with Crippen molar-refractivity contribution < 1.29 is 18.8 Å². The van der Waals surface area contributed by atoms with Crippen LogP contribution in [0.5, 0.6) is 5.75 Å². The molecule has 0 aliphatic carbocycles.